The minimum Gasteiger partial charge on any atom is -0.497 e. The van der Waals surface area contributed by atoms with Crippen LogP contribution in [0.5, 0.6) is 11.5 Å². The Balaban J connectivity index is 2.14. The number of halogens is 1. The maximum absolute atomic E-state index is 13.4. The zero-order valence-corrected chi connectivity index (χ0v) is 11.7. The molecule has 21 heavy (non-hydrogen) atoms. The molecule has 0 fully saturated rings. The lowest BCUT2D eigenvalue weighted by Gasteiger charge is -2.10. The van der Waals surface area contributed by atoms with Crippen LogP contribution in [0, 0.1) is 12.7 Å². The molecule has 0 spiro atoms. The summed E-state index contributed by atoms with van der Waals surface area (Å²) in [4.78, 5) is 4.28. The highest BCUT2D eigenvalue weighted by Gasteiger charge is 2.14. The van der Waals surface area contributed by atoms with Gasteiger partial charge in [0.15, 0.2) is 0 Å². The number of aromatic nitrogens is 1. The van der Waals surface area contributed by atoms with E-state index in [1.54, 1.807) is 19.2 Å². The first kappa shape index (κ1) is 15.3. The number of benzene rings is 1. The molecule has 110 valence electrons. The molecule has 2 aromatic rings. The minimum atomic E-state index is -1.75. The summed E-state index contributed by atoms with van der Waals surface area (Å²) in [6, 6.07) is 7.06. The Morgan fingerprint density at radius 3 is 2.57 bits per heavy atom. The maximum atomic E-state index is 13.4. The number of ether oxygens (including phenoxy) is 2. The van der Waals surface area contributed by atoms with Crippen molar-refractivity contribution in [3.63, 3.8) is 0 Å². The summed E-state index contributed by atoms with van der Waals surface area (Å²) in [6.07, 6.45) is 0. The van der Waals surface area contributed by atoms with Gasteiger partial charge < -0.3 is 19.5 Å². The van der Waals surface area contributed by atoms with E-state index >= 15 is 0 Å². The monoisotopic (exact) mass is 291 g/mol. The predicted molar refractivity (Wildman–Crippen MR) is 76.1 cm³/mol. The zero-order valence-electron chi connectivity index (χ0n) is 11.7. The average molecular weight is 291 g/mol. The van der Waals surface area contributed by atoms with Crippen LogP contribution >= 0.6 is 0 Å². The highest BCUT2D eigenvalue weighted by molar-refractivity contribution is 6.58. The fraction of sp³-hybridized carbons (Fsp3) is 0.214. The van der Waals surface area contributed by atoms with Crippen molar-refractivity contribution in [2.24, 2.45) is 0 Å². The smallest absolute Gasteiger partial charge is 0.488 e. The second kappa shape index (κ2) is 6.56. The number of hydrogen-bond donors (Lipinski definition) is 2. The van der Waals surface area contributed by atoms with Crippen LogP contribution in [-0.2, 0) is 6.61 Å². The van der Waals surface area contributed by atoms with Gasteiger partial charge in [-0.2, -0.15) is 0 Å². The van der Waals surface area contributed by atoms with Crippen LogP contribution in [0.25, 0.3) is 0 Å². The summed E-state index contributed by atoms with van der Waals surface area (Å²) in [5, 5.41) is 18.1. The molecule has 0 aliphatic rings. The van der Waals surface area contributed by atoms with Crippen molar-refractivity contribution >= 4 is 12.6 Å². The van der Waals surface area contributed by atoms with Gasteiger partial charge in [0.2, 0.25) is 0 Å². The summed E-state index contributed by atoms with van der Waals surface area (Å²) in [5.41, 5.74) is 1.43. The van der Waals surface area contributed by atoms with Crippen LogP contribution in [0.1, 0.15) is 11.4 Å². The average Bonchev–Trinajstić information content (AvgIpc) is 2.44. The van der Waals surface area contributed by atoms with Gasteiger partial charge in [0.1, 0.15) is 23.9 Å². The molecule has 0 saturated carbocycles. The molecule has 0 amide bonds. The van der Waals surface area contributed by atoms with Gasteiger partial charge in [0, 0.05) is 23.9 Å². The Bertz CT molecular complexity index is 636. The molecule has 0 atom stereocenters. The quantitative estimate of drug-likeness (QED) is 0.797. The Morgan fingerprint density at radius 1 is 1.14 bits per heavy atom. The molecule has 1 heterocycles. The van der Waals surface area contributed by atoms with E-state index < -0.39 is 12.9 Å². The highest BCUT2D eigenvalue weighted by atomic mass is 19.1. The van der Waals surface area contributed by atoms with E-state index in [0.29, 0.717) is 11.4 Å². The van der Waals surface area contributed by atoms with Crippen LogP contribution in [0.15, 0.2) is 30.3 Å². The van der Waals surface area contributed by atoms with Crippen LogP contribution in [-0.4, -0.2) is 29.3 Å². The fourth-order valence-corrected chi connectivity index (χ4v) is 1.87. The molecule has 0 radical (unpaired) electrons. The van der Waals surface area contributed by atoms with Crippen molar-refractivity contribution in [2.75, 3.05) is 7.11 Å². The van der Waals surface area contributed by atoms with Gasteiger partial charge in [-0.15, -0.1) is 0 Å². The Morgan fingerprint density at radius 2 is 1.90 bits per heavy atom. The fourth-order valence-electron chi connectivity index (χ4n) is 1.87. The SMILES string of the molecule is COc1cc(C)nc(COc2cc(F)cc(B(O)O)c2)c1. The highest BCUT2D eigenvalue weighted by Crippen LogP contribution is 2.16. The van der Waals surface area contributed by atoms with E-state index in [1.165, 1.54) is 12.1 Å². The normalized spacial score (nSPS) is 10.3. The third kappa shape index (κ3) is 4.17. The lowest BCUT2D eigenvalue weighted by atomic mass is 9.80. The molecule has 1 aromatic heterocycles. The van der Waals surface area contributed by atoms with Gasteiger partial charge in [-0.3, -0.25) is 4.98 Å². The molecule has 7 heteroatoms. The van der Waals surface area contributed by atoms with Gasteiger partial charge in [-0.05, 0) is 24.5 Å². The number of pyridine rings is 1. The van der Waals surface area contributed by atoms with Crippen LogP contribution in [0.3, 0.4) is 0 Å². The van der Waals surface area contributed by atoms with Crippen molar-refractivity contribution in [1.29, 1.82) is 0 Å². The first-order valence-corrected chi connectivity index (χ1v) is 6.29. The third-order valence-electron chi connectivity index (χ3n) is 2.79. The van der Waals surface area contributed by atoms with Gasteiger partial charge in [0.25, 0.3) is 0 Å². The van der Waals surface area contributed by atoms with Gasteiger partial charge >= 0.3 is 7.12 Å². The summed E-state index contributed by atoms with van der Waals surface area (Å²) < 4.78 is 23.9. The molecule has 0 aliphatic heterocycles. The zero-order chi connectivity index (χ0) is 15.4. The van der Waals surface area contributed by atoms with Crippen LogP contribution in [0.2, 0.25) is 0 Å². The maximum Gasteiger partial charge on any atom is 0.488 e. The second-order valence-electron chi connectivity index (χ2n) is 4.52. The lowest BCUT2D eigenvalue weighted by Crippen LogP contribution is -2.30. The van der Waals surface area contributed by atoms with E-state index in [0.717, 1.165) is 11.8 Å². The van der Waals surface area contributed by atoms with Crippen molar-refractivity contribution in [2.45, 2.75) is 13.5 Å². The molecular formula is C14H15BFNO4. The third-order valence-corrected chi connectivity index (χ3v) is 2.79. The minimum absolute atomic E-state index is 0.0276. The lowest BCUT2D eigenvalue weighted by molar-refractivity contribution is 0.298. The number of nitrogens with zero attached hydrogens (tertiary/aromatic N) is 1. The number of hydrogen-bond acceptors (Lipinski definition) is 5. The molecule has 2 N–H and O–H groups in total. The molecule has 0 saturated heterocycles. The van der Waals surface area contributed by atoms with Crippen molar-refractivity contribution in [1.82, 2.24) is 4.98 Å². The molecule has 1 aromatic carbocycles. The molecule has 5 nitrogen and oxygen atoms in total. The standard InChI is InChI=1S/C14H15BFNO4/c1-9-3-13(20-2)7-12(17-9)8-21-14-5-10(15(18)19)4-11(16)6-14/h3-7,18-19H,8H2,1-2H3. The van der Waals surface area contributed by atoms with Crippen molar-refractivity contribution < 1.29 is 23.9 Å². The number of aryl methyl sites for hydroxylation is 1. The van der Waals surface area contributed by atoms with Crippen molar-refractivity contribution in [3.05, 3.63) is 47.5 Å². The Hall–Kier alpha value is -2.12. The number of rotatable bonds is 5. The molecule has 0 bridgehead atoms. The first-order valence-electron chi connectivity index (χ1n) is 6.29. The van der Waals surface area contributed by atoms with E-state index in [1.807, 2.05) is 6.92 Å². The van der Waals surface area contributed by atoms with Gasteiger partial charge in [0.05, 0.1) is 12.8 Å². The molecule has 0 unspecified atom stereocenters. The van der Waals surface area contributed by atoms with E-state index in [4.69, 9.17) is 19.5 Å². The molecule has 0 aliphatic carbocycles. The largest absolute Gasteiger partial charge is 0.497 e. The van der Waals surface area contributed by atoms with E-state index in [-0.39, 0.29) is 17.8 Å². The summed E-state index contributed by atoms with van der Waals surface area (Å²) in [6.45, 7) is 1.94. The summed E-state index contributed by atoms with van der Waals surface area (Å²) in [7, 11) is -0.193. The topological polar surface area (TPSA) is 71.8 Å². The van der Waals surface area contributed by atoms with Gasteiger partial charge in [-0.25, -0.2) is 4.39 Å². The van der Waals surface area contributed by atoms with Gasteiger partial charge in [-0.1, -0.05) is 0 Å². The summed E-state index contributed by atoms with van der Waals surface area (Å²) in [5.74, 6) is 0.248. The van der Waals surface area contributed by atoms with E-state index in [9.17, 15) is 4.39 Å². The van der Waals surface area contributed by atoms with Crippen LogP contribution < -0.4 is 14.9 Å². The number of methoxy groups -OCH3 is 1. The predicted octanol–water partition coefficient (Wildman–Crippen LogP) is 0.797. The van der Waals surface area contributed by atoms with Crippen molar-refractivity contribution in [3.8, 4) is 11.5 Å². The molecular weight excluding hydrogens is 276 g/mol. The summed E-state index contributed by atoms with van der Waals surface area (Å²) >= 11 is 0. The van der Waals surface area contributed by atoms with E-state index in [2.05, 4.69) is 4.98 Å². The second-order valence-corrected chi connectivity index (χ2v) is 4.52. The first-order chi connectivity index (χ1) is 9.97. The molecule has 2 rings (SSSR count). The van der Waals surface area contributed by atoms with Crippen LogP contribution in [0.4, 0.5) is 4.39 Å². The Kier molecular flexibility index (Phi) is 4.77. The Labute approximate surface area is 122 Å².